The van der Waals surface area contributed by atoms with Crippen LogP contribution in [0.3, 0.4) is 0 Å². The number of ether oxygens (including phenoxy) is 2. The molecule has 1 aromatic rings. The molecule has 0 saturated carbocycles. The summed E-state index contributed by atoms with van der Waals surface area (Å²) in [6.07, 6.45) is 2.50. The molecular formula is C15H23NO2. The van der Waals surface area contributed by atoms with Crippen LogP contribution in [0.5, 0.6) is 11.5 Å². The number of para-hydroxylation sites is 1. The number of nitrogens with one attached hydrogen (secondary N) is 1. The lowest BCUT2D eigenvalue weighted by Crippen LogP contribution is -2.20. The van der Waals surface area contributed by atoms with Crippen LogP contribution in [0.25, 0.3) is 0 Å². The maximum absolute atomic E-state index is 5.68. The Labute approximate surface area is 109 Å². The monoisotopic (exact) mass is 249 g/mol. The molecule has 0 bridgehead atoms. The van der Waals surface area contributed by atoms with Gasteiger partial charge in [-0.3, -0.25) is 0 Å². The van der Waals surface area contributed by atoms with Crippen molar-refractivity contribution in [2.75, 3.05) is 19.8 Å². The molecule has 1 aliphatic rings. The summed E-state index contributed by atoms with van der Waals surface area (Å²) in [6, 6.07) is 6.10. The highest BCUT2D eigenvalue weighted by atomic mass is 16.6. The van der Waals surface area contributed by atoms with Crippen LogP contribution >= 0.6 is 0 Å². The zero-order valence-electron chi connectivity index (χ0n) is 11.4. The van der Waals surface area contributed by atoms with E-state index in [4.69, 9.17) is 9.47 Å². The standard InChI is InChI=1S/C15H23NO2/c1-12(2)5-4-8-16-11-13-6-3-7-14-15(13)18-10-9-17-14/h3,6-7,12,16H,4-5,8-11H2,1-2H3. The molecule has 1 aliphatic heterocycles. The molecule has 100 valence electrons. The summed E-state index contributed by atoms with van der Waals surface area (Å²) in [4.78, 5) is 0. The maximum atomic E-state index is 5.68. The van der Waals surface area contributed by atoms with E-state index in [-0.39, 0.29) is 0 Å². The Bertz CT molecular complexity index is 377. The molecule has 0 saturated heterocycles. The van der Waals surface area contributed by atoms with Crippen molar-refractivity contribution in [2.24, 2.45) is 5.92 Å². The van der Waals surface area contributed by atoms with Crippen LogP contribution in [0, 0.1) is 5.92 Å². The summed E-state index contributed by atoms with van der Waals surface area (Å²) >= 11 is 0. The fraction of sp³-hybridized carbons (Fsp3) is 0.600. The van der Waals surface area contributed by atoms with E-state index in [1.807, 2.05) is 12.1 Å². The van der Waals surface area contributed by atoms with Gasteiger partial charge in [0, 0.05) is 12.1 Å². The van der Waals surface area contributed by atoms with Crippen molar-refractivity contribution in [3.05, 3.63) is 23.8 Å². The summed E-state index contributed by atoms with van der Waals surface area (Å²) in [5, 5.41) is 3.47. The Balaban J connectivity index is 1.82. The van der Waals surface area contributed by atoms with Crippen LogP contribution in [0.1, 0.15) is 32.3 Å². The third-order valence-electron chi connectivity index (χ3n) is 3.10. The molecule has 2 rings (SSSR count). The fourth-order valence-corrected chi connectivity index (χ4v) is 2.13. The highest BCUT2D eigenvalue weighted by Gasteiger charge is 2.14. The molecule has 3 heteroatoms. The lowest BCUT2D eigenvalue weighted by molar-refractivity contribution is 0.169. The Morgan fingerprint density at radius 1 is 1.22 bits per heavy atom. The molecule has 0 fully saturated rings. The summed E-state index contributed by atoms with van der Waals surface area (Å²) in [5.41, 5.74) is 1.19. The molecule has 1 N–H and O–H groups in total. The van der Waals surface area contributed by atoms with Crippen molar-refractivity contribution in [1.82, 2.24) is 5.32 Å². The summed E-state index contributed by atoms with van der Waals surface area (Å²) in [7, 11) is 0. The number of rotatable bonds is 6. The van der Waals surface area contributed by atoms with Gasteiger partial charge in [-0.25, -0.2) is 0 Å². The first-order valence-electron chi connectivity index (χ1n) is 6.85. The minimum Gasteiger partial charge on any atom is -0.486 e. The molecule has 0 radical (unpaired) electrons. The van der Waals surface area contributed by atoms with Crippen LogP contribution < -0.4 is 14.8 Å². The summed E-state index contributed by atoms with van der Waals surface area (Å²) in [5.74, 6) is 2.58. The molecule has 0 aliphatic carbocycles. The van der Waals surface area contributed by atoms with Crippen LogP contribution in [0.15, 0.2) is 18.2 Å². The fourth-order valence-electron chi connectivity index (χ4n) is 2.13. The second kappa shape index (κ2) is 6.64. The molecular weight excluding hydrogens is 226 g/mol. The quantitative estimate of drug-likeness (QED) is 0.786. The number of benzene rings is 1. The average molecular weight is 249 g/mol. The van der Waals surface area contributed by atoms with E-state index >= 15 is 0 Å². The van der Waals surface area contributed by atoms with Gasteiger partial charge in [-0.05, 0) is 31.4 Å². The molecule has 0 amide bonds. The molecule has 18 heavy (non-hydrogen) atoms. The zero-order valence-corrected chi connectivity index (χ0v) is 11.4. The first kappa shape index (κ1) is 13.2. The molecule has 0 atom stereocenters. The average Bonchev–Trinajstić information content (AvgIpc) is 2.38. The number of hydrogen-bond donors (Lipinski definition) is 1. The minimum absolute atomic E-state index is 0.650. The highest BCUT2D eigenvalue weighted by Crippen LogP contribution is 2.33. The van der Waals surface area contributed by atoms with Crippen molar-refractivity contribution < 1.29 is 9.47 Å². The van der Waals surface area contributed by atoms with Gasteiger partial charge in [0.05, 0.1) is 0 Å². The molecule has 3 nitrogen and oxygen atoms in total. The molecule has 1 heterocycles. The molecule has 0 spiro atoms. The van der Waals surface area contributed by atoms with Crippen LogP contribution in [0.4, 0.5) is 0 Å². The second-order valence-electron chi connectivity index (χ2n) is 5.15. The topological polar surface area (TPSA) is 30.5 Å². The lowest BCUT2D eigenvalue weighted by atomic mass is 10.1. The van der Waals surface area contributed by atoms with Gasteiger partial charge >= 0.3 is 0 Å². The van der Waals surface area contributed by atoms with Gasteiger partial charge in [0.25, 0.3) is 0 Å². The normalized spacial score (nSPS) is 13.9. The van der Waals surface area contributed by atoms with Gasteiger partial charge in [0.1, 0.15) is 13.2 Å². The van der Waals surface area contributed by atoms with Crippen LogP contribution in [-0.2, 0) is 6.54 Å². The van der Waals surface area contributed by atoms with Gasteiger partial charge in [-0.2, -0.15) is 0 Å². The van der Waals surface area contributed by atoms with E-state index in [2.05, 4.69) is 25.2 Å². The first-order valence-corrected chi connectivity index (χ1v) is 6.85. The molecule has 1 aromatic carbocycles. The van der Waals surface area contributed by atoms with E-state index < -0.39 is 0 Å². The van der Waals surface area contributed by atoms with Crippen molar-refractivity contribution in [3.63, 3.8) is 0 Å². The van der Waals surface area contributed by atoms with E-state index in [1.54, 1.807) is 0 Å². The predicted molar refractivity (Wildman–Crippen MR) is 73.2 cm³/mol. The Kier molecular flexibility index (Phi) is 4.88. The highest BCUT2D eigenvalue weighted by molar-refractivity contribution is 5.47. The van der Waals surface area contributed by atoms with E-state index in [9.17, 15) is 0 Å². The van der Waals surface area contributed by atoms with Gasteiger partial charge < -0.3 is 14.8 Å². The Morgan fingerprint density at radius 2 is 2.06 bits per heavy atom. The zero-order chi connectivity index (χ0) is 12.8. The Hall–Kier alpha value is -1.22. The molecule has 0 aromatic heterocycles. The smallest absolute Gasteiger partial charge is 0.165 e. The van der Waals surface area contributed by atoms with Gasteiger partial charge in [0.15, 0.2) is 11.5 Å². The predicted octanol–water partition coefficient (Wildman–Crippen LogP) is 2.98. The van der Waals surface area contributed by atoms with E-state index in [0.29, 0.717) is 13.2 Å². The SMILES string of the molecule is CC(C)CCCNCc1cccc2c1OCCO2. The third-order valence-corrected chi connectivity index (χ3v) is 3.10. The van der Waals surface area contributed by atoms with Gasteiger partial charge in [-0.1, -0.05) is 26.0 Å². The van der Waals surface area contributed by atoms with Crippen LogP contribution in [-0.4, -0.2) is 19.8 Å². The van der Waals surface area contributed by atoms with Gasteiger partial charge in [0.2, 0.25) is 0 Å². The summed E-state index contributed by atoms with van der Waals surface area (Å²) in [6.45, 7) is 7.74. The van der Waals surface area contributed by atoms with Crippen molar-refractivity contribution >= 4 is 0 Å². The molecule has 0 unspecified atom stereocenters. The Morgan fingerprint density at radius 3 is 2.89 bits per heavy atom. The number of fused-ring (bicyclic) bond motifs is 1. The van der Waals surface area contributed by atoms with Crippen molar-refractivity contribution in [2.45, 2.75) is 33.2 Å². The second-order valence-corrected chi connectivity index (χ2v) is 5.15. The lowest BCUT2D eigenvalue weighted by Gasteiger charge is -2.21. The maximum Gasteiger partial charge on any atom is 0.165 e. The van der Waals surface area contributed by atoms with E-state index in [1.165, 1.54) is 18.4 Å². The van der Waals surface area contributed by atoms with Crippen molar-refractivity contribution in [3.8, 4) is 11.5 Å². The van der Waals surface area contributed by atoms with Gasteiger partial charge in [-0.15, -0.1) is 0 Å². The first-order chi connectivity index (χ1) is 8.77. The third kappa shape index (κ3) is 3.64. The number of hydrogen-bond acceptors (Lipinski definition) is 3. The van der Waals surface area contributed by atoms with Crippen LogP contribution in [0.2, 0.25) is 0 Å². The van der Waals surface area contributed by atoms with E-state index in [0.717, 1.165) is 30.5 Å². The largest absolute Gasteiger partial charge is 0.486 e. The summed E-state index contributed by atoms with van der Waals surface area (Å²) < 4.78 is 11.3. The minimum atomic E-state index is 0.650. The van der Waals surface area contributed by atoms with Crippen molar-refractivity contribution in [1.29, 1.82) is 0 Å².